The Balaban J connectivity index is 1.99. The molecular weight excluding hydrogens is 202 g/mol. The molecule has 1 heterocycles. The van der Waals surface area contributed by atoms with Gasteiger partial charge in [-0.15, -0.1) is 0 Å². The highest BCUT2D eigenvalue weighted by atomic mass is 16.5. The van der Waals surface area contributed by atoms with Gasteiger partial charge >= 0.3 is 0 Å². The van der Waals surface area contributed by atoms with Crippen molar-refractivity contribution in [1.29, 1.82) is 0 Å². The molecule has 0 aliphatic heterocycles. The maximum atomic E-state index is 5.59. The molecule has 0 bridgehead atoms. The Bertz CT molecular complexity index is 443. The van der Waals surface area contributed by atoms with Crippen LogP contribution in [0.3, 0.4) is 0 Å². The molecule has 0 unspecified atom stereocenters. The zero-order valence-corrected chi connectivity index (χ0v) is 9.09. The number of methoxy groups -OCH3 is 1. The molecule has 0 aliphatic carbocycles. The summed E-state index contributed by atoms with van der Waals surface area (Å²) in [4.78, 5) is 4.02. The Morgan fingerprint density at radius 2 is 1.81 bits per heavy atom. The van der Waals surface area contributed by atoms with Crippen molar-refractivity contribution in [3.05, 3.63) is 54.4 Å². The van der Waals surface area contributed by atoms with Crippen molar-refractivity contribution in [3.63, 3.8) is 0 Å². The summed E-state index contributed by atoms with van der Waals surface area (Å²) in [6.07, 6.45) is 3.32. The normalized spacial score (nSPS) is 9.81. The van der Waals surface area contributed by atoms with Gasteiger partial charge in [-0.2, -0.15) is 0 Å². The molecule has 16 heavy (non-hydrogen) atoms. The number of nitrogens with zero attached hydrogens (tertiary/aromatic N) is 1. The number of rotatable bonds is 4. The first-order chi connectivity index (χ1) is 7.88. The number of hydrogen-bond acceptors (Lipinski definition) is 3. The molecule has 82 valence electrons. The van der Waals surface area contributed by atoms with Crippen molar-refractivity contribution < 1.29 is 9.47 Å². The van der Waals surface area contributed by atoms with Gasteiger partial charge in [0.2, 0.25) is 0 Å². The lowest BCUT2D eigenvalue weighted by atomic mass is 10.2. The number of pyridine rings is 1. The van der Waals surface area contributed by atoms with Gasteiger partial charge in [0.1, 0.15) is 18.1 Å². The zero-order valence-electron chi connectivity index (χ0n) is 9.09. The van der Waals surface area contributed by atoms with Gasteiger partial charge < -0.3 is 9.47 Å². The van der Waals surface area contributed by atoms with Gasteiger partial charge in [0.15, 0.2) is 0 Å². The minimum Gasteiger partial charge on any atom is -0.495 e. The van der Waals surface area contributed by atoms with Crippen molar-refractivity contribution >= 4 is 0 Å². The van der Waals surface area contributed by atoms with Gasteiger partial charge in [0, 0.05) is 6.07 Å². The third-order valence-corrected chi connectivity index (χ3v) is 2.17. The van der Waals surface area contributed by atoms with Crippen LogP contribution in [0.5, 0.6) is 11.5 Å². The fourth-order valence-corrected chi connectivity index (χ4v) is 1.33. The summed E-state index contributed by atoms with van der Waals surface area (Å²) in [6.45, 7) is 0.537. The minimum atomic E-state index is 0.537. The van der Waals surface area contributed by atoms with Crippen molar-refractivity contribution in [2.24, 2.45) is 0 Å². The lowest BCUT2D eigenvalue weighted by Crippen LogP contribution is -1.95. The van der Waals surface area contributed by atoms with E-state index in [0.717, 1.165) is 5.56 Å². The SMILES string of the molecule is COc1cncc(OCc2ccccc2)c1. The van der Waals surface area contributed by atoms with Crippen LogP contribution in [0.2, 0.25) is 0 Å². The van der Waals surface area contributed by atoms with E-state index in [-0.39, 0.29) is 0 Å². The molecule has 0 radical (unpaired) electrons. The summed E-state index contributed by atoms with van der Waals surface area (Å²) in [5.74, 6) is 1.41. The maximum Gasteiger partial charge on any atom is 0.141 e. The van der Waals surface area contributed by atoms with E-state index < -0.39 is 0 Å². The second-order valence-electron chi connectivity index (χ2n) is 3.33. The Labute approximate surface area is 94.7 Å². The summed E-state index contributed by atoms with van der Waals surface area (Å²) in [6, 6.07) is 11.8. The van der Waals surface area contributed by atoms with E-state index in [1.54, 1.807) is 19.5 Å². The van der Waals surface area contributed by atoms with Gasteiger partial charge in [-0.3, -0.25) is 4.98 Å². The lowest BCUT2D eigenvalue weighted by Gasteiger charge is -2.06. The van der Waals surface area contributed by atoms with Gasteiger partial charge in [0.05, 0.1) is 19.5 Å². The van der Waals surface area contributed by atoms with Crippen molar-refractivity contribution in [3.8, 4) is 11.5 Å². The summed E-state index contributed by atoms with van der Waals surface area (Å²) < 4.78 is 10.7. The van der Waals surface area contributed by atoms with Crippen molar-refractivity contribution in [2.75, 3.05) is 7.11 Å². The number of hydrogen-bond donors (Lipinski definition) is 0. The van der Waals surface area contributed by atoms with Crippen LogP contribution in [0.1, 0.15) is 5.56 Å². The van der Waals surface area contributed by atoms with E-state index in [1.807, 2.05) is 36.4 Å². The topological polar surface area (TPSA) is 31.4 Å². The van der Waals surface area contributed by atoms with E-state index in [0.29, 0.717) is 18.1 Å². The van der Waals surface area contributed by atoms with Gasteiger partial charge in [-0.1, -0.05) is 30.3 Å². The van der Waals surface area contributed by atoms with Crippen LogP contribution in [-0.4, -0.2) is 12.1 Å². The highest BCUT2D eigenvalue weighted by molar-refractivity contribution is 5.28. The predicted octanol–water partition coefficient (Wildman–Crippen LogP) is 2.67. The van der Waals surface area contributed by atoms with Crippen molar-refractivity contribution in [1.82, 2.24) is 4.98 Å². The average molecular weight is 215 g/mol. The first-order valence-electron chi connectivity index (χ1n) is 5.04. The number of ether oxygens (including phenoxy) is 2. The van der Waals surface area contributed by atoms with Gasteiger partial charge in [-0.25, -0.2) is 0 Å². The molecule has 0 N–H and O–H groups in total. The Morgan fingerprint density at radius 1 is 1.06 bits per heavy atom. The maximum absolute atomic E-state index is 5.59. The predicted molar refractivity (Wildman–Crippen MR) is 61.6 cm³/mol. The average Bonchev–Trinajstić information content (AvgIpc) is 2.38. The molecule has 3 heteroatoms. The highest BCUT2D eigenvalue weighted by Crippen LogP contribution is 2.17. The summed E-state index contributed by atoms with van der Waals surface area (Å²) >= 11 is 0. The fraction of sp³-hybridized carbons (Fsp3) is 0.154. The van der Waals surface area contributed by atoms with Crippen LogP contribution in [0, 0.1) is 0 Å². The van der Waals surface area contributed by atoms with Crippen LogP contribution in [0.4, 0.5) is 0 Å². The van der Waals surface area contributed by atoms with Crippen LogP contribution < -0.4 is 9.47 Å². The third-order valence-electron chi connectivity index (χ3n) is 2.17. The van der Waals surface area contributed by atoms with Crippen LogP contribution >= 0.6 is 0 Å². The number of benzene rings is 1. The number of aromatic nitrogens is 1. The lowest BCUT2D eigenvalue weighted by molar-refractivity contribution is 0.302. The largest absolute Gasteiger partial charge is 0.495 e. The Kier molecular flexibility index (Phi) is 3.38. The quantitative estimate of drug-likeness (QED) is 0.785. The molecular formula is C13H13NO2. The zero-order chi connectivity index (χ0) is 11.2. The van der Waals surface area contributed by atoms with Gasteiger partial charge in [-0.05, 0) is 5.56 Å². The molecule has 0 amide bonds. The van der Waals surface area contributed by atoms with E-state index in [9.17, 15) is 0 Å². The standard InChI is InChI=1S/C13H13NO2/c1-15-12-7-13(9-14-8-12)16-10-11-5-3-2-4-6-11/h2-9H,10H2,1H3. The Hall–Kier alpha value is -2.03. The Morgan fingerprint density at radius 3 is 2.56 bits per heavy atom. The van der Waals surface area contributed by atoms with Crippen LogP contribution in [-0.2, 0) is 6.61 Å². The molecule has 3 nitrogen and oxygen atoms in total. The van der Waals surface area contributed by atoms with Crippen molar-refractivity contribution in [2.45, 2.75) is 6.61 Å². The molecule has 0 saturated carbocycles. The summed E-state index contributed by atoms with van der Waals surface area (Å²) in [5.41, 5.74) is 1.13. The van der Waals surface area contributed by atoms with E-state index in [1.165, 1.54) is 0 Å². The van der Waals surface area contributed by atoms with Crippen LogP contribution in [0.25, 0.3) is 0 Å². The first kappa shape index (κ1) is 10.5. The highest BCUT2D eigenvalue weighted by Gasteiger charge is 1.98. The molecule has 0 atom stereocenters. The third kappa shape index (κ3) is 2.73. The molecule has 1 aromatic heterocycles. The smallest absolute Gasteiger partial charge is 0.141 e. The fourth-order valence-electron chi connectivity index (χ4n) is 1.33. The molecule has 0 aliphatic rings. The molecule has 0 spiro atoms. The monoisotopic (exact) mass is 215 g/mol. The van der Waals surface area contributed by atoms with E-state index in [2.05, 4.69) is 4.98 Å². The molecule has 1 aromatic carbocycles. The second-order valence-corrected chi connectivity index (χ2v) is 3.33. The summed E-state index contributed by atoms with van der Waals surface area (Å²) in [5, 5.41) is 0. The van der Waals surface area contributed by atoms with E-state index in [4.69, 9.17) is 9.47 Å². The minimum absolute atomic E-state index is 0.537. The molecule has 2 rings (SSSR count). The molecule has 0 saturated heterocycles. The van der Waals surface area contributed by atoms with E-state index >= 15 is 0 Å². The summed E-state index contributed by atoms with van der Waals surface area (Å²) in [7, 11) is 1.61. The van der Waals surface area contributed by atoms with Gasteiger partial charge in [0.25, 0.3) is 0 Å². The first-order valence-corrected chi connectivity index (χ1v) is 5.04. The molecule has 0 fully saturated rings. The van der Waals surface area contributed by atoms with Crippen LogP contribution in [0.15, 0.2) is 48.8 Å². The second kappa shape index (κ2) is 5.16. The molecule has 2 aromatic rings.